The van der Waals surface area contributed by atoms with Crippen LogP contribution in [0.4, 0.5) is 18.9 Å². The van der Waals surface area contributed by atoms with E-state index in [1.165, 1.54) is 12.1 Å². The normalized spacial score (nSPS) is 18.3. The van der Waals surface area contributed by atoms with Gasteiger partial charge in [-0.05, 0) is 18.2 Å². The van der Waals surface area contributed by atoms with Crippen molar-refractivity contribution in [3.63, 3.8) is 0 Å². The average molecular weight is 298 g/mol. The molecule has 1 aromatic rings. The fourth-order valence-electron chi connectivity index (χ4n) is 2.39. The van der Waals surface area contributed by atoms with Crippen LogP contribution in [-0.4, -0.2) is 43.7 Å². The number of hydrogen-bond acceptors (Lipinski definition) is 4. The Morgan fingerprint density at radius 3 is 2.48 bits per heavy atom. The maximum Gasteiger partial charge on any atom is 0.416 e. The largest absolute Gasteiger partial charge is 0.416 e. The molecule has 0 aromatic heterocycles. The molecule has 4 nitrogen and oxygen atoms in total. The molecule has 0 aliphatic carbocycles. The Balaban J connectivity index is 1.98. The molecule has 0 saturated carbocycles. The van der Waals surface area contributed by atoms with Gasteiger partial charge in [0.25, 0.3) is 0 Å². The van der Waals surface area contributed by atoms with Crippen molar-refractivity contribution in [2.45, 2.75) is 12.2 Å². The molecule has 1 aliphatic rings. The van der Waals surface area contributed by atoms with E-state index in [4.69, 9.17) is 11.0 Å². The van der Waals surface area contributed by atoms with Crippen molar-refractivity contribution < 1.29 is 13.2 Å². The van der Waals surface area contributed by atoms with Gasteiger partial charge in [0.15, 0.2) is 0 Å². The molecule has 0 bridgehead atoms. The molecule has 1 heterocycles. The summed E-state index contributed by atoms with van der Waals surface area (Å²) in [5.41, 5.74) is 5.52. The van der Waals surface area contributed by atoms with Crippen molar-refractivity contribution in [2.75, 3.05) is 37.6 Å². The van der Waals surface area contributed by atoms with E-state index in [2.05, 4.69) is 4.90 Å². The molecule has 114 valence electrons. The zero-order valence-corrected chi connectivity index (χ0v) is 11.5. The number of halogens is 3. The van der Waals surface area contributed by atoms with Gasteiger partial charge < -0.3 is 10.6 Å². The lowest BCUT2D eigenvalue weighted by Crippen LogP contribution is -2.49. The van der Waals surface area contributed by atoms with Gasteiger partial charge in [-0.25, -0.2) is 0 Å². The summed E-state index contributed by atoms with van der Waals surface area (Å²) >= 11 is 0. The highest BCUT2D eigenvalue weighted by Gasteiger charge is 2.31. The van der Waals surface area contributed by atoms with Crippen LogP contribution in [0, 0.1) is 11.3 Å². The van der Waals surface area contributed by atoms with Crippen molar-refractivity contribution >= 4 is 5.69 Å². The number of nitrogens with zero attached hydrogens (tertiary/aromatic N) is 3. The first kappa shape index (κ1) is 15.6. The second-order valence-electron chi connectivity index (χ2n) is 5.07. The molecular formula is C14H17F3N4. The summed E-state index contributed by atoms with van der Waals surface area (Å²) in [5, 5.41) is 8.68. The fraction of sp³-hybridized carbons (Fsp3) is 0.500. The third-order valence-corrected chi connectivity index (χ3v) is 3.53. The van der Waals surface area contributed by atoms with Crippen LogP contribution in [0.2, 0.25) is 0 Å². The molecule has 1 saturated heterocycles. The number of benzene rings is 1. The maximum atomic E-state index is 12.7. The third-order valence-electron chi connectivity index (χ3n) is 3.53. The van der Waals surface area contributed by atoms with Crippen LogP contribution in [0.1, 0.15) is 5.56 Å². The first-order valence-corrected chi connectivity index (χ1v) is 6.70. The summed E-state index contributed by atoms with van der Waals surface area (Å²) in [6.07, 6.45) is -4.32. The Morgan fingerprint density at radius 2 is 1.90 bits per heavy atom. The number of piperazine rings is 1. The van der Waals surface area contributed by atoms with E-state index in [1.54, 1.807) is 6.07 Å². The van der Waals surface area contributed by atoms with Crippen LogP contribution in [0.15, 0.2) is 24.3 Å². The van der Waals surface area contributed by atoms with Crippen LogP contribution in [0.5, 0.6) is 0 Å². The zero-order chi connectivity index (χ0) is 15.5. The van der Waals surface area contributed by atoms with Gasteiger partial charge in [-0.1, -0.05) is 6.07 Å². The quantitative estimate of drug-likeness (QED) is 0.922. The minimum absolute atomic E-state index is 0.493. The van der Waals surface area contributed by atoms with Crippen LogP contribution < -0.4 is 10.6 Å². The fourth-order valence-corrected chi connectivity index (χ4v) is 2.39. The van der Waals surface area contributed by atoms with E-state index in [1.807, 2.05) is 11.0 Å². The molecule has 21 heavy (non-hydrogen) atoms. The number of nitriles is 1. The Bertz CT molecular complexity index is 516. The van der Waals surface area contributed by atoms with E-state index in [9.17, 15) is 13.2 Å². The minimum atomic E-state index is -4.32. The highest BCUT2D eigenvalue weighted by atomic mass is 19.4. The Labute approximate surface area is 121 Å². The second-order valence-corrected chi connectivity index (χ2v) is 5.07. The monoisotopic (exact) mass is 298 g/mol. The van der Waals surface area contributed by atoms with Crippen LogP contribution in [0.3, 0.4) is 0 Å². The highest BCUT2D eigenvalue weighted by molar-refractivity contribution is 5.49. The standard InChI is InChI=1S/C14H17F3N4/c15-14(16,17)11-2-1-3-13(8-11)21-6-4-20(5-7-21)10-12(19)9-18/h1-3,8,12H,4-7,10,19H2. The summed E-state index contributed by atoms with van der Waals surface area (Å²) in [6.45, 7) is 3.11. The van der Waals surface area contributed by atoms with Gasteiger partial charge >= 0.3 is 6.18 Å². The van der Waals surface area contributed by atoms with Crippen molar-refractivity contribution in [2.24, 2.45) is 5.73 Å². The lowest BCUT2D eigenvalue weighted by Gasteiger charge is -2.36. The third kappa shape index (κ3) is 4.09. The lowest BCUT2D eigenvalue weighted by atomic mass is 10.1. The summed E-state index contributed by atoms with van der Waals surface area (Å²) in [4.78, 5) is 3.97. The van der Waals surface area contributed by atoms with E-state index in [0.717, 1.165) is 6.07 Å². The molecule has 2 rings (SSSR count). The van der Waals surface area contributed by atoms with Crippen LogP contribution in [0.25, 0.3) is 0 Å². The van der Waals surface area contributed by atoms with Gasteiger partial charge in [0, 0.05) is 38.4 Å². The number of rotatable bonds is 3. The van der Waals surface area contributed by atoms with E-state index < -0.39 is 17.8 Å². The smallest absolute Gasteiger partial charge is 0.369 e. The minimum Gasteiger partial charge on any atom is -0.369 e. The molecule has 0 spiro atoms. The highest BCUT2D eigenvalue weighted by Crippen LogP contribution is 2.31. The second kappa shape index (κ2) is 6.33. The molecule has 1 aliphatic heterocycles. The first-order valence-electron chi connectivity index (χ1n) is 6.70. The first-order chi connectivity index (χ1) is 9.90. The predicted octanol–water partition coefficient (Wildman–Crippen LogP) is 1.68. The number of nitrogens with two attached hydrogens (primary N) is 1. The molecule has 1 unspecified atom stereocenters. The summed E-state index contributed by atoms with van der Waals surface area (Å²) < 4.78 is 38.1. The SMILES string of the molecule is N#CC(N)CN1CCN(c2cccc(C(F)(F)F)c2)CC1. The van der Waals surface area contributed by atoms with Crippen molar-refractivity contribution in [3.05, 3.63) is 29.8 Å². The van der Waals surface area contributed by atoms with Crippen molar-refractivity contribution in [1.82, 2.24) is 4.90 Å². The van der Waals surface area contributed by atoms with E-state index in [-0.39, 0.29) is 0 Å². The number of anilines is 1. The zero-order valence-electron chi connectivity index (χ0n) is 11.5. The Kier molecular flexibility index (Phi) is 4.70. The van der Waals surface area contributed by atoms with Crippen LogP contribution in [-0.2, 0) is 6.18 Å². The van der Waals surface area contributed by atoms with Gasteiger partial charge in [-0.15, -0.1) is 0 Å². The van der Waals surface area contributed by atoms with Crippen molar-refractivity contribution in [3.8, 4) is 6.07 Å². The topological polar surface area (TPSA) is 56.3 Å². The Morgan fingerprint density at radius 1 is 1.24 bits per heavy atom. The molecular weight excluding hydrogens is 281 g/mol. The molecule has 7 heteroatoms. The summed E-state index contributed by atoms with van der Waals surface area (Å²) in [7, 11) is 0. The molecule has 0 radical (unpaired) electrons. The van der Waals surface area contributed by atoms with Gasteiger partial charge in [-0.2, -0.15) is 18.4 Å². The predicted molar refractivity (Wildman–Crippen MR) is 73.7 cm³/mol. The van der Waals surface area contributed by atoms with Gasteiger partial charge in [-0.3, -0.25) is 4.90 Å². The molecule has 1 fully saturated rings. The van der Waals surface area contributed by atoms with Crippen molar-refractivity contribution in [1.29, 1.82) is 5.26 Å². The maximum absolute atomic E-state index is 12.7. The molecule has 0 amide bonds. The molecule has 1 atom stereocenters. The van der Waals surface area contributed by atoms with Gasteiger partial charge in [0.1, 0.15) is 6.04 Å². The van der Waals surface area contributed by atoms with Gasteiger partial charge in [0.2, 0.25) is 0 Å². The summed E-state index contributed by atoms with van der Waals surface area (Å²) in [6, 6.07) is 6.82. The summed E-state index contributed by atoms with van der Waals surface area (Å²) in [5.74, 6) is 0. The lowest BCUT2D eigenvalue weighted by molar-refractivity contribution is -0.137. The van der Waals surface area contributed by atoms with Gasteiger partial charge in [0.05, 0.1) is 11.6 Å². The number of hydrogen-bond donors (Lipinski definition) is 1. The van der Waals surface area contributed by atoms with Crippen LogP contribution >= 0.6 is 0 Å². The molecule has 1 aromatic carbocycles. The average Bonchev–Trinajstić information content (AvgIpc) is 2.47. The Hall–Kier alpha value is -1.78. The van der Waals surface area contributed by atoms with E-state index >= 15 is 0 Å². The van der Waals surface area contributed by atoms with E-state index in [0.29, 0.717) is 38.4 Å². The number of alkyl halides is 3. The molecule has 2 N–H and O–H groups in total.